The molecule has 0 saturated carbocycles. The molecule has 1 unspecified atom stereocenters. The molecule has 0 radical (unpaired) electrons. The zero-order valence-corrected chi connectivity index (χ0v) is 17.8. The van der Waals surface area contributed by atoms with Crippen LogP contribution >= 0.6 is 11.8 Å². The van der Waals surface area contributed by atoms with Crippen molar-refractivity contribution in [1.29, 1.82) is 0 Å². The van der Waals surface area contributed by atoms with Crippen molar-refractivity contribution in [3.05, 3.63) is 58.9 Å². The van der Waals surface area contributed by atoms with E-state index in [2.05, 4.69) is 10.3 Å². The van der Waals surface area contributed by atoms with Crippen molar-refractivity contribution < 1.29 is 9.59 Å². The van der Waals surface area contributed by atoms with Gasteiger partial charge in [-0.3, -0.25) is 9.59 Å². The number of nitrogens with one attached hydrogen (secondary N) is 1. The topological polar surface area (TPSA) is 67.2 Å². The van der Waals surface area contributed by atoms with E-state index in [-0.39, 0.29) is 11.8 Å². The number of amides is 2. The highest BCUT2D eigenvalue weighted by Gasteiger charge is 2.35. The first-order chi connectivity index (χ1) is 13.8. The van der Waals surface area contributed by atoms with Crippen molar-refractivity contribution in [1.82, 2.24) is 14.5 Å². The van der Waals surface area contributed by atoms with Crippen LogP contribution in [-0.4, -0.2) is 43.9 Å². The maximum atomic E-state index is 13.1. The van der Waals surface area contributed by atoms with Gasteiger partial charge in [-0.15, -0.1) is 11.8 Å². The Labute approximate surface area is 174 Å². The first kappa shape index (κ1) is 19.5. The standard InChI is InChI=1S/C22H24N4O2S/c1-13-5-7-17(9-14(13)2)24-21(27)20-11-29-12-26(20)22(28)16-6-8-19-18(10-16)23-15(3)25(19)4/h5-10,20H,11-12H2,1-4H3,(H,24,27). The SMILES string of the molecule is Cc1ccc(NC(=O)C2CSCN2C(=O)c2ccc3c(c2)nc(C)n3C)cc1C. The van der Waals surface area contributed by atoms with E-state index < -0.39 is 6.04 Å². The molecule has 0 aliphatic carbocycles. The highest BCUT2D eigenvalue weighted by molar-refractivity contribution is 7.99. The third kappa shape index (κ3) is 3.62. The molecule has 2 amide bonds. The maximum Gasteiger partial charge on any atom is 0.255 e. The molecular weight excluding hydrogens is 384 g/mol. The molecular formula is C22H24N4O2S. The van der Waals surface area contributed by atoms with Gasteiger partial charge in [0.25, 0.3) is 5.91 Å². The maximum absolute atomic E-state index is 13.1. The second-order valence-corrected chi connectivity index (χ2v) is 8.50. The van der Waals surface area contributed by atoms with E-state index in [4.69, 9.17) is 0 Å². The Morgan fingerprint density at radius 3 is 2.66 bits per heavy atom. The minimum Gasteiger partial charge on any atom is -0.331 e. The van der Waals surface area contributed by atoms with Crippen molar-refractivity contribution in [2.45, 2.75) is 26.8 Å². The van der Waals surface area contributed by atoms with Gasteiger partial charge >= 0.3 is 0 Å². The van der Waals surface area contributed by atoms with Gasteiger partial charge < -0.3 is 14.8 Å². The summed E-state index contributed by atoms with van der Waals surface area (Å²) in [6.07, 6.45) is 0. The van der Waals surface area contributed by atoms with E-state index in [1.165, 1.54) is 5.56 Å². The summed E-state index contributed by atoms with van der Waals surface area (Å²) < 4.78 is 2.00. The van der Waals surface area contributed by atoms with Crippen molar-refractivity contribution in [3.8, 4) is 0 Å². The quantitative estimate of drug-likeness (QED) is 0.718. The lowest BCUT2D eigenvalue weighted by Gasteiger charge is -2.23. The van der Waals surface area contributed by atoms with Crippen LogP contribution in [-0.2, 0) is 11.8 Å². The number of anilines is 1. The fraction of sp³-hybridized carbons (Fsp3) is 0.318. The molecule has 1 aliphatic rings. The number of rotatable bonds is 3. The number of aromatic nitrogens is 2. The minimum absolute atomic E-state index is 0.138. The molecule has 0 bridgehead atoms. The Kier molecular flexibility index (Phi) is 5.08. The van der Waals surface area contributed by atoms with Gasteiger partial charge in [-0.1, -0.05) is 6.07 Å². The van der Waals surface area contributed by atoms with Crippen LogP contribution in [0.4, 0.5) is 5.69 Å². The summed E-state index contributed by atoms with van der Waals surface area (Å²) in [5, 5.41) is 2.97. The molecule has 0 spiro atoms. The predicted molar refractivity (Wildman–Crippen MR) is 117 cm³/mol. The summed E-state index contributed by atoms with van der Waals surface area (Å²) in [5.74, 6) is 1.70. The second kappa shape index (κ2) is 7.55. The summed E-state index contributed by atoms with van der Waals surface area (Å²) in [5.41, 5.74) is 5.39. The van der Waals surface area contributed by atoms with Gasteiger partial charge in [0, 0.05) is 24.1 Å². The van der Waals surface area contributed by atoms with Crippen LogP contribution in [0.5, 0.6) is 0 Å². The highest BCUT2D eigenvalue weighted by atomic mass is 32.2. The number of carbonyl (C=O) groups is 2. The Balaban J connectivity index is 1.54. The molecule has 3 aromatic rings. The molecule has 1 atom stereocenters. The molecule has 1 fully saturated rings. The number of fused-ring (bicyclic) bond motifs is 1. The van der Waals surface area contributed by atoms with Crippen molar-refractivity contribution in [2.75, 3.05) is 16.9 Å². The third-order valence-electron chi connectivity index (χ3n) is 5.57. The number of thioether (sulfide) groups is 1. The Bertz CT molecular complexity index is 1120. The van der Waals surface area contributed by atoms with Crippen molar-refractivity contribution in [2.24, 2.45) is 7.05 Å². The van der Waals surface area contributed by atoms with E-state index in [9.17, 15) is 9.59 Å². The van der Waals surface area contributed by atoms with E-state index in [0.29, 0.717) is 17.2 Å². The average molecular weight is 409 g/mol. The number of aryl methyl sites for hydroxylation is 4. The van der Waals surface area contributed by atoms with Gasteiger partial charge in [0.05, 0.1) is 16.9 Å². The van der Waals surface area contributed by atoms with Gasteiger partial charge in [0.15, 0.2) is 0 Å². The number of hydrogen-bond acceptors (Lipinski definition) is 4. The van der Waals surface area contributed by atoms with Crippen LogP contribution in [0.25, 0.3) is 11.0 Å². The van der Waals surface area contributed by atoms with Crippen LogP contribution < -0.4 is 5.32 Å². The smallest absolute Gasteiger partial charge is 0.255 e. The zero-order chi connectivity index (χ0) is 20.7. The van der Waals surface area contributed by atoms with E-state index >= 15 is 0 Å². The Morgan fingerprint density at radius 1 is 1.10 bits per heavy atom. The second-order valence-electron chi connectivity index (χ2n) is 7.50. The first-order valence-electron chi connectivity index (χ1n) is 9.55. The number of hydrogen-bond donors (Lipinski definition) is 1. The van der Waals surface area contributed by atoms with E-state index in [1.807, 2.05) is 68.8 Å². The molecule has 150 valence electrons. The fourth-order valence-corrected chi connectivity index (χ4v) is 4.68. The average Bonchev–Trinajstić information content (AvgIpc) is 3.29. The van der Waals surface area contributed by atoms with Gasteiger partial charge in [-0.05, 0) is 62.2 Å². The summed E-state index contributed by atoms with van der Waals surface area (Å²) >= 11 is 1.59. The zero-order valence-electron chi connectivity index (χ0n) is 17.0. The van der Waals surface area contributed by atoms with Gasteiger partial charge in [-0.2, -0.15) is 0 Å². The number of imidazole rings is 1. The summed E-state index contributed by atoms with van der Waals surface area (Å²) in [7, 11) is 1.95. The molecule has 1 aliphatic heterocycles. The molecule has 6 nitrogen and oxygen atoms in total. The predicted octanol–water partition coefficient (Wildman–Crippen LogP) is 3.65. The van der Waals surface area contributed by atoms with Crippen LogP contribution in [0.1, 0.15) is 27.3 Å². The molecule has 4 rings (SSSR count). The lowest BCUT2D eigenvalue weighted by Crippen LogP contribution is -2.44. The lowest BCUT2D eigenvalue weighted by atomic mass is 10.1. The summed E-state index contributed by atoms with van der Waals surface area (Å²) in [6, 6.07) is 10.9. The molecule has 1 N–H and O–H groups in total. The van der Waals surface area contributed by atoms with Crippen molar-refractivity contribution >= 4 is 40.3 Å². The summed E-state index contributed by atoms with van der Waals surface area (Å²) in [6.45, 7) is 5.99. The van der Waals surface area contributed by atoms with E-state index in [0.717, 1.165) is 28.1 Å². The van der Waals surface area contributed by atoms with E-state index in [1.54, 1.807) is 16.7 Å². The van der Waals surface area contributed by atoms with Crippen molar-refractivity contribution in [3.63, 3.8) is 0 Å². The lowest BCUT2D eigenvalue weighted by molar-refractivity contribution is -0.119. The molecule has 29 heavy (non-hydrogen) atoms. The van der Waals surface area contributed by atoms with Crippen LogP contribution in [0, 0.1) is 20.8 Å². The van der Waals surface area contributed by atoms with Crippen LogP contribution in [0.15, 0.2) is 36.4 Å². The number of benzene rings is 2. The van der Waals surface area contributed by atoms with Crippen LogP contribution in [0.3, 0.4) is 0 Å². The number of carbonyl (C=O) groups excluding carboxylic acids is 2. The normalized spacial score (nSPS) is 16.4. The molecule has 2 aromatic carbocycles. The summed E-state index contributed by atoms with van der Waals surface area (Å²) in [4.78, 5) is 32.2. The first-order valence-corrected chi connectivity index (χ1v) is 10.7. The fourth-order valence-electron chi connectivity index (χ4n) is 3.52. The van der Waals surface area contributed by atoms with Crippen LogP contribution in [0.2, 0.25) is 0 Å². The number of nitrogens with zero attached hydrogens (tertiary/aromatic N) is 3. The monoisotopic (exact) mass is 408 g/mol. The van der Waals surface area contributed by atoms with Gasteiger partial charge in [-0.25, -0.2) is 4.98 Å². The van der Waals surface area contributed by atoms with Gasteiger partial charge in [0.1, 0.15) is 11.9 Å². The highest BCUT2D eigenvalue weighted by Crippen LogP contribution is 2.26. The third-order valence-corrected chi connectivity index (χ3v) is 6.58. The Hall–Kier alpha value is -2.80. The molecule has 2 heterocycles. The molecule has 7 heteroatoms. The largest absolute Gasteiger partial charge is 0.331 e. The molecule has 1 saturated heterocycles. The minimum atomic E-state index is -0.490. The molecule has 1 aromatic heterocycles. The Morgan fingerprint density at radius 2 is 1.90 bits per heavy atom. The van der Waals surface area contributed by atoms with Gasteiger partial charge in [0.2, 0.25) is 5.91 Å².